The maximum atomic E-state index is 11.8. The van der Waals surface area contributed by atoms with Crippen LogP contribution >= 0.6 is 11.3 Å². The van der Waals surface area contributed by atoms with Gasteiger partial charge in [-0.2, -0.15) is 0 Å². The van der Waals surface area contributed by atoms with Crippen LogP contribution in [0.15, 0.2) is 6.33 Å². The minimum absolute atomic E-state index is 0.121. The summed E-state index contributed by atoms with van der Waals surface area (Å²) in [6, 6.07) is -0.321. The van der Waals surface area contributed by atoms with Crippen molar-refractivity contribution in [2.24, 2.45) is 0 Å². The third-order valence-corrected chi connectivity index (χ3v) is 3.90. The number of anilines is 4. The van der Waals surface area contributed by atoms with E-state index < -0.39 is 0 Å². The minimum Gasteiger partial charge on any atom is -0.357 e. The zero-order valence-corrected chi connectivity index (χ0v) is 12.5. The molecular formula is C12H15N7OS. The fourth-order valence-corrected chi connectivity index (χ4v) is 2.77. The molecule has 1 atom stereocenters. The van der Waals surface area contributed by atoms with Gasteiger partial charge in [-0.1, -0.05) is 18.3 Å². The summed E-state index contributed by atoms with van der Waals surface area (Å²) < 4.78 is 0. The van der Waals surface area contributed by atoms with E-state index in [4.69, 9.17) is 0 Å². The van der Waals surface area contributed by atoms with Gasteiger partial charge in [0.15, 0.2) is 11.6 Å². The zero-order chi connectivity index (χ0) is 14.8. The van der Waals surface area contributed by atoms with Crippen LogP contribution in [0.25, 0.3) is 0 Å². The maximum absolute atomic E-state index is 11.8. The van der Waals surface area contributed by atoms with Crippen molar-refractivity contribution in [1.29, 1.82) is 0 Å². The summed E-state index contributed by atoms with van der Waals surface area (Å²) in [5, 5.41) is 18.7. The summed E-state index contributed by atoms with van der Waals surface area (Å²) in [7, 11) is 0. The Balaban J connectivity index is 1.86. The number of amides is 1. The van der Waals surface area contributed by atoms with Gasteiger partial charge in [-0.3, -0.25) is 4.79 Å². The molecule has 1 amide bonds. The van der Waals surface area contributed by atoms with E-state index in [1.54, 1.807) is 6.92 Å². The number of hydrogen-bond donors (Lipinski definition) is 3. The van der Waals surface area contributed by atoms with Crippen molar-refractivity contribution in [2.45, 2.75) is 32.7 Å². The molecule has 0 radical (unpaired) electrons. The number of carbonyl (C=O) groups excluding carboxylic acids is 1. The molecule has 3 heterocycles. The molecule has 9 heteroatoms. The van der Waals surface area contributed by atoms with Crippen molar-refractivity contribution in [3.05, 3.63) is 11.3 Å². The van der Waals surface area contributed by atoms with Crippen LogP contribution in [0.1, 0.15) is 25.3 Å². The van der Waals surface area contributed by atoms with E-state index in [2.05, 4.69) is 43.0 Å². The highest BCUT2D eigenvalue weighted by atomic mass is 32.1. The molecule has 8 nitrogen and oxygen atoms in total. The van der Waals surface area contributed by atoms with Crippen molar-refractivity contribution in [1.82, 2.24) is 20.2 Å². The Morgan fingerprint density at radius 3 is 3.05 bits per heavy atom. The fraction of sp³-hybridized carbons (Fsp3) is 0.417. The SMILES string of the molecule is CCCc1nnc(Nc2ncnc3c2NC(=O)C(C)N3)s1. The van der Waals surface area contributed by atoms with Gasteiger partial charge in [0.1, 0.15) is 23.1 Å². The number of nitrogens with one attached hydrogen (secondary N) is 3. The number of aryl methyl sites for hydroxylation is 1. The monoisotopic (exact) mass is 305 g/mol. The van der Waals surface area contributed by atoms with Gasteiger partial charge in [-0.15, -0.1) is 10.2 Å². The van der Waals surface area contributed by atoms with Crippen molar-refractivity contribution in [2.75, 3.05) is 16.0 Å². The third-order valence-electron chi connectivity index (χ3n) is 3.00. The topological polar surface area (TPSA) is 105 Å². The lowest BCUT2D eigenvalue weighted by atomic mass is 10.2. The van der Waals surface area contributed by atoms with E-state index in [9.17, 15) is 4.79 Å². The number of rotatable bonds is 4. The number of nitrogens with zero attached hydrogens (tertiary/aromatic N) is 4. The summed E-state index contributed by atoms with van der Waals surface area (Å²) in [5.41, 5.74) is 0.535. The van der Waals surface area contributed by atoms with Gasteiger partial charge < -0.3 is 16.0 Å². The first kappa shape index (κ1) is 13.7. The molecule has 21 heavy (non-hydrogen) atoms. The van der Waals surface area contributed by atoms with Gasteiger partial charge >= 0.3 is 0 Å². The smallest absolute Gasteiger partial charge is 0.246 e. The van der Waals surface area contributed by atoms with Crippen LogP contribution in [0.3, 0.4) is 0 Å². The predicted molar refractivity (Wildman–Crippen MR) is 80.9 cm³/mol. The summed E-state index contributed by atoms with van der Waals surface area (Å²) in [6.07, 6.45) is 3.36. The van der Waals surface area contributed by atoms with E-state index in [-0.39, 0.29) is 11.9 Å². The molecule has 0 bridgehead atoms. The van der Waals surface area contributed by atoms with E-state index in [1.165, 1.54) is 17.7 Å². The predicted octanol–water partition coefficient (Wildman–Crippen LogP) is 1.78. The Kier molecular flexibility index (Phi) is 3.65. The van der Waals surface area contributed by atoms with E-state index in [1.807, 2.05) is 0 Å². The van der Waals surface area contributed by atoms with Crippen LogP contribution in [-0.4, -0.2) is 32.1 Å². The molecule has 0 saturated heterocycles. The molecule has 110 valence electrons. The normalized spacial score (nSPS) is 16.9. The van der Waals surface area contributed by atoms with Gasteiger partial charge in [0.2, 0.25) is 11.0 Å². The number of aromatic nitrogens is 4. The number of fused-ring (bicyclic) bond motifs is 1. The first-order valence-corrected chi connectivity index (χ1v) is 7.51. The van der Waals surface area contributed by atoms with Gasteiger partial charge in [-0.25, -0.2) is 9.97 Å². The van der Waals surface area contributed by atoms with E-state index in [0.717, 1.165) is 17.8 Å². The molecule has 0 aromatic carbocycles. The van der Waals surface area contributed by atoms with Crippen LogP contribution in [0.2, 0.25) is 0 Å². The van der Waals surface area contributed by atoms with Crippen LogP contribution in [0.5, 0.6) is 0 Å². The molecule has 3 rings (SSSR count). The third kappa shape index (κ3) is 2.77. The van der Waals surface area contributed by atoms with Crippen LogP contribution < -0.4 is 16.0 Å². The Bertz CT molecular complexity index is 671. The molecule has 0 aliphatic carbocycles. The molecule has 0 spiro atoms. The highest BCUT2D eigenvalue weighted by Gasteiger charge is 2.25. The minimum atomic E-state index is -0.321. The van der Waals surface area contributed by atoms with Crippen molar-refractivity contribution < 1.29 is 4.79 Å². The van der Waals surface area contributed by atoms with Crippen molar-refractivity contribution in [3.63, 3.8) is 0 Å². The van der Waals surface area contributed by atoms with E-state index in [0.29, 0.717) is 22.5 Å². The molecule has 2 aromatic rings. The Hall–Kier alpha value is -2.29. The Labute approximate surface area is 125 Å². The van der Waals surface area contributed by atoms with Gasteiger partial charge in [0.05, 0.1) is 0 Å². The van der Waals surface area contributed by atoms with Crippen LogP contribution in [0.4, 0.5) is 22.5 Å². The first-order valence-electron chi connectivity index (χ1n) is 6.69. The van der Waals surface area contributed by atoms with Gasteiger partial charge in [0.25, 0.3) is 0 Å². The highest BCUT2D eigenvalue weighted by Crippen LogP contribution is 2.32. The van der Waals surface area contributed by atoms with E-state index >= 15 is 0 Å². The summed E-state index contributed by atoms with van der Waals surface area (Å²) in [6.45, 7) is 3.87. The number of carbonyl (C=O) groups is 1. The summed E-state index contributed by atoms with van der Waals surface area (Å²) >= 11 is 1.48. The lowest BCUT2D eigenvalue weighted by Gasteiger charge is -2.24. The molecule has 0 saturated carbocycles. The van der Waals surface area contributed by atoms with Crippen molar-refractivity contribution in [3.8, 4) is 0 Å². The fourth-order valence-electron chi connectivity index (χ4n) is 1.93. The maximum Gasteiger partial charge on any atom is 0.246 e. The summed E-state index contributed by atoms with van der Waals surface area (Å²) in [5.74, 6) is 0.981. The average Bonchev–Trinajstić information content (AvgIpc) is 2.89. The van der Waals surface area contributed by atoms with Crippen LogP contribution in [-0.2, 0) is 11.2 Å². The second kappa shape index (κ2) is 5.60. The second-order valence-electron chi connectivity index (χ2n) is 4.68. The second-order valence-corrected chi connectivity index (χ2v) is 5.74. The molecular weight excluding hydrogens is 290 g/mol. The van der Waals surface area contributed by atoms with Crippen LogP contribution in [0, 0.1) is 0 Å². The zero-order valence-electron chi connectivity index (χ0n) is 11.7. The molecule has 3 N–H and O–H groups in total. The molecule has 0 fully saturated rings. The standard InChI is InChI=1S/C12H15N7OS/c1-3-4-7-18-19-12(21-7)17-10-8-9(13-5-14-10)15-6(2)11(20)16-8/h5-6H,3-4H2,1-2H3,(H,16,20)(H2,13,14,15,17,19). The highest BCUT2D eigenvalue weighted by molar-refractivity contribution is 7.15. The molecule has 1 aliphatic heterocycles. The summed E-state index contributed by atoms with van der Waals surface area (Å²) in [4.78, 5) is 20.1. The molecule has 1 aliphatic rings. The molecule has 2 aromatic heterocycles. The molecule has 1 unspecified atom stereocenters. The van der Waals surface area contributed by atoms with Gasteiger partial charge in [-0.05, 0) is 13.3 Å². The number of hydrogen-bond acceptors (Lipinski definition) is 8. The van der Waals surface area contributed by atoms with Crippen molar-refractivity contribution >= 4 is 39.7 Å². The lowest BCUT2D eigenvalue weighted by Crippen LogP contribution is -2.37. The average molecular weight is 305 g/mol. The quantitative estimate of drug-likeness (QED) is 0.790. The van der Waals surface area contributed by atoms with Gasteiger partial charge in [0, 0.05) is 6.42 Å². The Morgan fingerprint density at radius 1 is 1.38 bits per heavy atom. The largest absolute Gasteiger partial charge is 0.357 e. The lowest BCUT2D eigenvalue weighted by molar-refractivity contribution is -0.116. The first-order chi connectivity index (χ1) is 10.2. The Morgan fingerprint density at radius 2 is 2.24 bits per heavy atom.